The molecule has 0 spiro atoms. The van der Waals surface area contributed by atoms with Crippen LogP contribution in [-0.2, 0) is 4.79 Å². The summed E-state index contributed by atoms with van der Waals surface area (Å²) in [6.45, 7) is 4.46. The van der Waals surface area contributed by atoms with Crippen LogP contribution in [0, 0.1) is 29.1 Å². The Balaban J connectivity index is 1.72. The molecule has 1 unspecified atom stereocenters. The summed E-state index contributed by atoms with van der Waals surface area (Å²) < 4.78 is 0. The molecule has 0 aromatic carbocycles. The first-order valence-corrected chi connectivity index (χ1v) is 14.1. The summed E-state index contributed by atoms with van der Waals surface area (Å²) in [6, 6.07) is 0. The van der Waals surface area contributed by atoms with E-state index in [1.54, 1.807) is 0 Å². The molecule has 2 N–H and O–H groups in total. The van der Waals surface area contributed by atoms with Crippen molar-refractivity contribution < 1.29 is 15.0 Å². The van der Waals surface area contributed by atoms with E-state index >= 15 is 0 Å². The van der Waals surface area contributed by atoms with E-state index in [0.29, 0.717) is 11.7 Å². The van der Waals surface area contributed by atoms with Crippen LogP contribution in [0.5, 0.6) is 0 Å². The third-order valence-corrected chi connectivity index (χ3v) is 9.15. The standard InChI is InChI=1S/C29H50O3/c1-3-5-7-12-16-24-27-23(17-18-25(30)22-14-10-9-11-15-22)26(31)19-21-29(27,28(24)32)20-13-8-6-4-2/h17-18,22-27,30-31H,3-16,19-21H2,1-2H3/t23-,24?,25+,26+,27-,29-/m1/s1. The van der Waals surface area contributed by atoms with Gasteiger partial charge in [-0.25, -0.2) is 0 Å². The number of aliphatic hydroxyl groups is 2. The molecule has 0 aliphatic heterocycles. The van der Waals surface area contributed by atoms with Crippen LogP contribution in [0.2, 0.25) is 0 Å². The third-order valence-electron chi connectivity index (χ3n) is 9.15. The van der Waals surface area contributed by atoms with Gasteiger partial charge in [0.1, 0.15) is 5.78 Å². The van der Waals surface area contributed by atoms with E-state index < -0.39 is 6.10 Å². The summed E-state index contributed by atoms with van der Waals surface area (Å²) >= 11 is 0. The van der Waals surface area contributed by atoms with Crippen LogP contribution >= 0.6 is 0 Å². The lowest BCUT2D eigenvalue weighted by Crippen LogP contribution is -2.64. The van der Waals surface area contributed by atoms with Gasteiger partial charge in [-0.05, 0) is 50.4 Å². The Kier molecular flexibility index (Phi) is 10.3. The Bertz CT molecular complexity index is 593. The number of rotatable bonds is 13. The molecule has 3 fully saturated rings. The summed E-state index contributed by atoms with van der Waals surface area (Å²) in [4.78, 5) is 13.5. The first-order valence-electron chi connectivity index (χ1n) is 14.1. The topological polar surface area (TPSA) is 57.5 Å². The Morgan fingerprint density at radius 3 is 2.34 bits per heavy atom. The van der Waals surface area contributed by atoms with Crippen molar-refractivity contribution in [3.8, 4) is 0 Å². The van der Waals surface area contributed by atoms with Gasteiger partial charge in [0.2, 0.25) is 0 Å². The van der Waals surface area contributed by atoms with Crippen molar-refractivity contribution in [2.24, 2.45) is 29.1 Å². The highest BCUT2D eigenvalue weighted by Crippen LogP contribution is 2.62. The lowest BCUT2D eigenvalue weighted by molar-refractivity contribution is -0.178. The normalized spacial score (nSPS) is 34.4. The summed E-state index contributed by atoms with van der Waals surface area (Å²) in [5.41, 5.74) is -0.201. The van der Waals surface area contributed by atoms with E-state index in [9.17, 15) is 15.0 Å². The Labute approximate surface area is 197 Å². The molecule has 3 heteroatoms. The van der Waals surface area contributed by atoms with Gasteiger partial charge in [-0.15, -0.1) is 0 Å². The second-order valence-electron chi connectivity index (χ2n) is 11.3. The number of carbonyl (C=O) groups excluding carboxylic acids is 1. The molecule has 0 aromatic rings. The van der Waals surface area contributed by atoms with Crippen LogP contribution < -0.4 is 0 Å². The van der Waals surface area contributed by atoms with Gasteiger partial charge in [-0.1, -0.05) is 96.6 Å². The molecule has 0 radical (unpaired) electrons. The minimum atomic E-state index is -0.401. The van der Waals surface area contributed by atoms with Crippen molar-refractivity contribution in [3.05, 3.63) is 12.2 Å². The molecule has 32 heavy (non-hydrogen) atoms. The molecule has 184 valence electrons. The molecule has 3 aliphatic carbocycles. The maximum absolute atomic E-state index is 13.5. The van der Waals surface area contributed by atoms with E-state index in [1.165, 1.54) is 57.8 Å². The maximum Gasteiger partial charge on any atom is 0.142 e. The zero-order chi connectivity index (χ0) is 23.0. The van der Waals surface area contributed by atoms with E-state index in [4.69, 9.17) is 0 Å². The van der Waals surface area contributed by atoms with Crippen LogP contribution in [0.1, 0.15) is 123 Å². The molecular formula is C29H50O3. The minimum Gasteiger partial charge on any atom is -0.393 e. The van der Waals surface area contributed by atoms with Crippen LogP contribution in [0.25, 0.3) is 0 Å². The third kappa shape index (κ3) is 5.87. The zero-order valence-corrected chi connectivity index (χ0v) is 20.9. The number of fused-ring (bicyclic) bond motifs is 1. The molecule has 0 bridgehead atoms. The number of ketones is 1. The zero-order valence-electron chi connectivity index (χ0n) is 20.9. The smallest absolute Gasteiger partial charge is 0.142 e. The van der Waals surface area contributed by atoms with Gasteiger partial charge in [0, 0.05) is 17.3 Å². The Morgan fingerprint density at radius 1 is 0.969 bits per heavy atom. The van der Waals surface area contributed by atoms with Crippen LogP contribution in [0.3, 0.4) is 0 Å². The average molecular weight is 447 g/mol. The highest BCUT2D eigenvalue weighted by atomic mass is 16.3. The lowest BCUT2D eigenvalue weighted by atomic mass is 9.42. The summed E-state index contributed by atoms with van der Waals surface area (Å²) in [7, 11) is 0. The van der Waals surface area contributed by atoms with Gasteiger partial charge in [0.05, 0.1) is 12.2 Å². The molecule has 3 rings (SSSR count). The number of hydrogen-bond acceptors (Lipinski definition) is 3. The highest BCUT2D eigenvalue weighted by molar-refractivity contribution is 5.94. The van der Waals surface area contributed by atoms with Crippen LogP contribution in [0.4, 0.5) is 0 Å². The second kappa shape index (κ2) is 12.7. The number of aliphatic hydroxyl groups excluding tert-OH is 2. The van der Waals surface area contributed by atoms with E-state index in [2.05, 4.69) is 19.9 Å². The van der Waals surface area contributed by atoms with Gasteiger partial charge >= 0.3 is 0 Å². The van der Waals surface area contributed by atoms with Crippen molar-refractivity contribution in [3.63, 3.8) is 0 Å². The molecule has 0 saturated heterocycles. The van der Waals surface area contributed by atoms with Gasteiger partial charge < -0.3 is 10.2 Å². The SMILES string of the molecule is CCCCCCC1C(=O)[C@]2(CCCCCC)CC[C@H](O)[C@@H](C=C[C@H](O)C3CCCCC3)[C@H]12. The van der Waals surface area contributed by atoms with Crippen molar-refractivity contribution in [2.45, 2.75) is 135 Å². The predicted molar refractivity (Wildman–Crippen MR) is 132 cm³/mol. The Hall–Kier alpha value is -0.670. The van der Waals surface area contributed by atoms with E-state index in [0.717, 1.165) is 51.4 Å². The molecule has 3 nitrogen and oxygen atoms in total. The lowest BCUT2D eigenvalue weighted by Gasteiger charge is -2.60. The largest absolute Gasteiger partial charge is 0.393 e. The summed E-state index contributed by atoms with van der Waals surface area (Å²) in [6.07, 6.45) is 22.5. The van der Waals surface area contributed by atoms with Crippen molar-refractivity contribution in [1.82, 2.24) is 0 Å². The quantitative estimate of drug-likeness (QED) is 0.237. The number of carbonyl (C=O) groups is 1. The maximum atomic E-state index is 13.5. The minimum absolute atomic E-state index is 0.0297. The monoisotopic (exact) mass is 446 g/mol. The molecule has 0 heterocycles. The van der Waals surface area contributed by atoms with Gasteiger partial charge in [-0.3, -0.25) is 4.79 Å². The van der Waals surface area contributed by atoms with E-state index in [1.807, 2.05) is 6.08 Å². The van der Waals surface area contributed by atoms with Crippen molar-refractivity contribution in [2.75, 3.05) is 0 Å². The van der Waals surface area contributed by atoms with Gasteiger partial charge in [0.15, 0.2) is 0 Å². The van der Waals surface area contributed by atoms with Crippen LogP contribution in [-0.4, -0.2) is 28.2 Å². The fraction of sp³-hybridized carbons (Fsp3) is 0.897. The second-order valence-corrected chi connectivity index (χ2v) is 11.3. The Morgan fingerprint density at radius 2 is 1.66 bits per heavy atom. The molecule has 3 aliphatic rings. The van der Waals surface area contributed by atoms with Crippen LogP contribution in [0.15, 0.2) is 12.2 Å². The average Bonchev–Trinajstić information content (AvgIpc) is 2.82. The highest BCUT2D eigenvalue weighted by Gasteiger charge is 2.64. The first-order chi connectivity index (χ1) is 15.5. The fourth-order valence-corrected chi connectivity index (χ4v) is 7.26. The number of hydrogen-bond donors (Lipinski definition) is 2. The summed E-state index contributed by atoms with van der Waals surface area (Å²) in [5.74, 6) is 1.30. The van der Waals surface area contributed by atoms with Gasteiger partial charge in [-0.2, -0.15) is 0 Å². The van der Waals surface area contributed by atoms with Crippen molar-refractivity contribution in [1.29, 1.82) is 0 Å². The molecular weight excluding hydrogens is 396 g/mol. The van der Waals surface area contributed by atoms with Crippen molar-refractivity contribution >= 4 is 5.78 Å². The number of unbranched alkanes of at least 4 members (excludes halogenated alkanes) is 6. The first kappa shape index (κ1) is 25.9. The predicted octanol–water partition coefficient (Wildman–Crippen LogP) is 7.00. The number of Topliss-reactive ketones (excluding diaryl/α,β-unsaturated/α-hetero) is 1. The molecule has 0 amide bonds. The molecule has 0 aromatic heterocycles. The fourth-order valence-electron chi connectivity index (χ4n) is 7.26. The molecule has 6 atom stereocenters. The molecule has 3 saturated carbocycles. The van der Waals surface area contributed by atoms with E-state index in [-0.39, 0.29) is 29.3 Å². The van der Waals surface area contributed by atoms with Gasteiger partial charge in [0.25, 0.3) is 0 Å². The summed E-state index contributed by atoms with van der Waals surface area (Å²) in [5, 5.41) is 21.8.